The number of carbonyl (C=O) groups is 1. The Morgan fingerprint density at radius 2 is 2.03 bits per heavy atom. The summed E-state index contributed by atoms with van der Waals surface area (Å²) in [6.45, 7) is 0.511. The lowest BCUT2D eigenvalue weighted by Crippen LogP contribution is -2.29. The first-order valence-corrected chi connectivity index (χ1v) is 11.1. The molecular formula is C23H18BrClN2O4S. The van der Waals surface area contributed by atoms with Crippen LogP contribution >= 0.6 is 39.7 Å². The van der Waals surface area contributed by atoms with Crippen molar-refractivity contribution in [2.75, 3.05) is 7.11 Å². The van der Waals surface area contributed by atoms with Crippen molar-refractivity contribution < 1.29 is 18.7 Å². The van der Waals surface area contributed by atoms with E-state index < -0.39 is 0 Å². The average molecular weight is 534 g/mol. The molecule has 0 saturated carbocycles. The number of hydrogen-bond donors (Lipinski definition) is 1. The number of rotatable bonds is 7. The lowest BCUT2D eigenvalue weighted by Gasteiger charge is -2.12. The van der Waals surface area contributed by atoms with Gasteiger partial charge in [0, 0.05) is 10.0 Å². The van der Waals surface area contributed by atoms with Crippen LogP contribution in [-0.4, -0.2) is 23.0 Å². The second kappa shape index (κ2) is 9.77. The summed E-state index contributed by atoms with van der Waals surface area (Å²) in [5, 5.41) is 3.81. The van der Waals surface area contributed by atoms with Crippen molar-refractivity contribution in [3.63, 3.8) is 0 Å². The van der Waals surface area contributed by atoms with Crippen LogP contribution in [0.3, 0.4) is 0 Å². The van der Waals surface area contributed by atoms with Crippen LogP contribution in [0.25, 0.3) is 6.08 Å². The molecule has 1 fully saturated rings. The fourth-order valence-electron chi connectivity index (χ4n) is 3.19. The molecule has 0 aliphatic carbocycles. The minimum atomic E-state index is -0.221. The third-order valence-corrected chi connectivity index (χ3v) is 5.86. The second-order valence-electron chi connectivity index (χ2n) is 6.89. The Balaban J connectivity index is 1.53. The molecule has 164 valence electrons. The number of furan rings is 1. The van der Waals surface area contributed by atoms with Gasteiger partial charge in [-0.2, -0.15) is 0 Å². The normalized spacial score (nSPS) is 14.7. The number of halogens is 2. The SMILES string of the molecule is COc1ccc(/C=C2/NC(=S)N(Cc3ccco3)C2=O)cc1COc1ccc(Br)cc1Cl. The van der Waals surface area contributed by atoms with E-state index >= 15 is 0 Å². The predicted octanol–water partition coefficient (Wildman–Crippen LogP) is 5.54. The summed E-state index contributed by atoms with van der Waals surface area (Å²) in [5.74, 6) is 1.66. The van der Waals surface area contributed by atoms with E-state index in [1.54, 1.807) is 43.7 Å². The summed E-state index contributed by atoms with van der Waals surface area (Å²) in [6, 6.07) is 14.6. The van der Waals surface area contributed by atoms with Gasteiger partial charge in [0.25, 0.3) is 5.91 Å². The van der Waals surface area contributed by atoms with E-state index in [1.807, 2.05) is 24.3 Å². The molecule has 1 amide bonds. The van der Waals surface area contributed by atoms with Gasteiger partial charge in [0.2, 0.25) is 0 Å². The number of hydrogen-bond acceptors (Lipinski definition) is 5. The smallest absolute Gasteiger partial charge is 0.276 e. The van der Waals surface area contributed by atoms with E-state index in [9.17, 15) is 4.79 Å². The van der Waals surface area contributed by atoms with E-state index in [1.165, 1.54) is 4.90 Å². The minimum absolute atomic E-state index is 0.221. The molecule has 3 aromatic rings. The van der Waals surface area contributed by atoms with E-state index in [-0.39, 0.29) is 19.1 Å². The van der Waals surface area contributed by atoms with Gasteiger partial charge in [-0.05, 0) is 66.3 Å². The lowest BCUT2D eigenvalue weighted by atomic mass is 10.1. The Morgan fingerprint density at radius 1 is 1.22 bits per heavy atom. The van der Waals surface area contributed by atoms with Gasteiger partial charge >= 0.3 is 0 Å². The zero-order valence-corrected chi connectivity index (χ0v) is 20.1. The highest BCUT2D eigenvalue weighted by Gasteiger charge is 2.31. The largest absolute Gasteiger partial charge is 0.496 e. The molecule has 0 bridgehead atoms. The van der Waals surface area contributed by atoms with Crippen molar-refractivity contribution in [1.82, 2.24) is 10.2 Å². The summed E-state index contributed by atoms with van der Waals surface area (Å²) < 4.78 is 17.5. The Bertz CT molecular complexity index is 1200. The van der Waals surface area contributed by atoms with Crippen molar-refractivity contribution in [1.29, 1.82) is 0 Å². The molecule has 1 saturated heterocycles. The molecule has 4 rings (SSSR count). The third kappa shape index (κ3) is 4.98. The van der Waals surface area contributed by atoms with Gasteiger partial charge in [0.1, 0.15) is 29.6 Å². The van der Waals surface area contributed by atoms with Gasteiger partial charge in [0.05, 0.1) is 24.9 Å². The van der Waals surface area contributed by atoms with Gasteiger partial charge in [0.15, 0.2) is 5.11 Å². The first-order valence-electron chi connectivity index (χ1n) is 9.56. The number of ether oxygens (including phenoxy) is 2. The quantitative estimate of drug-likeness (QED) is 0.318. The molecule has 0 spiro atoms. The predicted molar refractivity (Wildman–Crippen MR) is 129 cm³/mol. The van der Waals surface area contributed by atoms with Crippen LogP contribution in [0.1, 0.15) is 16.9 Å². The molecule has 1 aliphatic heterocycles. The first kappa shape index (κ1) is 22.4. The summed E-state index contributed by atoms with van der Waals surface area (Å²) in [5.41, 5.74) is 1.99. The van der Waals surface area contributed by atoms with Crippen LogP contribution in [-0.2, 0) is 17.9 Å². The summed E-state index contributed by atoms with van der Waals surface area (Å²) in [4.78, 5) is 14.3. The molecular weight excluding hydrogens is 516 g/mol. The van der Waals surface area contributed by atoms with E-state index in [0.29, 0.717) is 33.1 Å². The molecule has 1 aromatic heterocycles. The molecule has 0 unspecified atom stereocenters. The topological polar surface area (TPSA) is 63.9 Å². The van der Waals surface area contributed by atoms with E-state index in [4.69, 9.17) is 37.7 Å². The van der Waals surface area contributed by atoms with Crippen molar-refractivity contribution in [2.24, 2.45) is 0 Å². The molecule has 2 heterocycles. The maximum atomic E-state index is 12.8. The Kier molecular flexibility index (Phi) is 6.83. The van der Waals surface area contributed by atoms with Gasteiger partial charge < -0.3 is 19.2 Å². The fraction of sp³-hybridized carbons (Fsp3) is 0.130. The van der Waals surface area contributed by atoms with Crippen molar-refractivity contribution in [3.05, 3.63) is 86.9 Å². The number of benzene rings is 2. The van der Waals surface area contributed by atoms with Gasteiger partial charge in [-0.1, -0.05) is 33.6 Å². The van der Waals surface area contributed by atoms with Gasteiger partial charge in [-0.3, -0.25) is 9.69 Å². The highest BCUT2D eigenvalue weighted by atomic mass is 79.9. The number of nitrogens with zero attached hydrogens (tertiary/aromatic N) is 1. The highest BCUT2D eigenvalue weighted by molar-refractivity contribution is 9.10. The highest BCUT2D eigenvalue weighted by Crippen LogP contribution is 2.30. The first-order chi connectivity index (χ1) is 15.4. The fourth-order valence-corrected chi connectivity index (χ4v) is 4.17. The van der Waals surface area contributed by atoms with Crippen LogP contribution in [0.2, 0.25) is 5.02 Å². The molecule has 2 aromatic carbocycles. The molecule has 32 heavy (non-hydrogen) atoms. The number of thiocarbonyl (C=S) groups is 1. The second-order valence-corrected chi connectivity index (χ2v) is 8.60. The van der Waals surface area contributed by atoms with E-state index in [2.05, 4.69) is 21.2 Å². The van der Waals surface area contributed by atoms with Crippen LogP contribution in [0, 0.1) is 0 Å². The average Bonchev–Trinajstić information content (AvgIpc) is 3.37. The zero-order chi connectivity index (χ0) is 22.7. The summed E-state index contributed by atoms with van der Waals surface area (Å²) in [6.07, 6.45) is 3.30. The maximum Gasteiger partial charge on any atom is 0.276 e. The van der Waals surface area contributed by atoms with Crippen LogP contribution < -0.4 is 14.8 Å². The molecule has 1 aliphatic rings. The molecule has 6 nitrogen and oxygen atoms in total. The Morgan fingerprint density at radius 3 is 2.75 bits per heavy atom. The number of methoxy groups -OCH3 is 1. The number of amides is 1. The summed E-state index contributed by atoms with van der Waals surface area (Å²) in [7, 11) is 1.59. The molecule has 0 atom stereocenters. The summed E-state index contributed by atoms with van der Waals surface area (Å²) >= 11 is 14.9. The molecule has 0 radical (unpaired) electrons. The monoisotopic (exact) mass is 532 g/mol. The van der Waals surface area contributed by atoms with Crippen LogP contribution in [0.15, 0.2) is 69.4 Å². The molecule has 9 heteroatoms. The van der Waals surface area contributed by atoms with Gasteiger partial charge in [-0.25, -0.2) is 0 Å². The minimum Gasteiger partial charge on any atom is -0.496 e. The Labute approximate surface area is 203 Å². The maximum absolute atomic E-state index is 12.8. The van der Waals surface area contributed by atoms with Gasteiger partial charge in [-0.15, -0.1) is 0 Å². The van der Waals surface area contributed by atoms with Crippen LogP contribution in [0.5, 0.6) is 11.5 Å². The lowest BCUT2D eigenvalue weighted by molar-refractivity contribution is -0.122. The number of carbonyl (C=O) groups excluding carboxylic acids is 1. The standard InChI is InChI=1S/C23H18BrClN2O4S/c1-29-20-6-4-14(9-15(20)13-31-21-7-5-16(24)11-18(21)25)10-19-22(28)27(23(32)26-19)12-17-3-2-8-30-17/h2-11H,12-13H2,1H3,(H,26,32)/b19-10+. The van der Waals surface area contributed by atoms with Crippen molar-refractivity contribution in [2.45, 2.75) is 13.2 Å². The van der Waals surface area contributed by atoms with Crippen LogP contribution in [0.4, 0.5) is 0 Å². The van der Waals surface area contributed by atoms with Crippen molar-refractivity contribution in [3.8, 4) is 11.5 Å². The zero-order valence-electron chi connectivity index (χ0n) is 16.9. The molecule has 1 N–H and O–H groups in total. The van der Waals surface area contributed by atoms with Crippen molar-refractivity contribution >= 4 is 56.8 Å². The Hall–Kier alpha value is -2.81. The third-order valence-electron chi connectivity index (χ3n) is 4.75. The van der Waals surface area contributed by atoms with E-state index in [0.717, 1.165) is 15.6 Å². The number of nitrogens with one attached hydrogen (secondary N) is 1.